The molecule has 5 nitrogen and oxygen atoms in total. The minimum Gasteiger partial charge on any atom is -0.496 e. The highest BCUT2D eigenvalue weighted by Gasteiger charge is 2.08. The number of nitrogens with zero attached hydrogens (tertiary/aromatic N) is 1. The Bertz CT molecular complexity index is 748. The average molecular weight is 412 g/mol. The van der Waals surface area contributed by atoms with Crippen molar-refractivity contribution >= 4 is 39.7 Å². The van der Waals surface area contributed by atoms with Crippen LogP contribution in [0.2, 0.25) is 5.02 Å². The largest absolute Gasteiger partial charge is 0.496 e. The fraction of sp³-hybridized carbons (Fsp3) is 0.176. The number of nitrogens with one attached hydrogen (secondary N) is 1. The second-order valence-electron chi connectivity index (χ2n) is 4.83. The third-order valence-electron chi connectivity index (χ3n) is 3.17. The van der Waals surface area contributed by atoms with Crippen LogP contribution in [0.4, 0.5) is 0 Å². The predicted molar refractivity (Wildman–Crippen MR) is 98.1 cm³/mol. The summed E-state index contributed by atoms with van der Waals surface area (Å²) in [5.41, 5.74) is 4.05. The molecule has 126 valence electrons. The molecule has 0 fully saturated rings. The molecule has 2 rings (SSSR count). The van der Waals surface area contributed by atoms with Crippen LogP contribution in [0.1, 0.15) is 11.1 Å². The number of rotatable bonds is 6. The van der Waals surface area contributed by atoms with Crippen LogP contribution in [0.3, 0.4) is 0 Å². The van der Waals surface area contributed by atoms with Crippen LogP contribution in [0.25, 0.3) is 0 Å². The van der Waals surface area contributed by atoms with E-state index < -0.39 is 0 Å². The summed E-state index contributed by atoms with van der Waals surface area (Å²) in [4.78, 5) is 11.9. The summed E-state index contributed by atoms with van der Waals surface area (Å²) in [6.45, 7) is 0. The molecular weight excluding hydrogens is 396 g/mol. The van der Waals surface area contributed by atoms with Gasteiger partial charge in [0.05, 0.1) is 31.3 Å². The molecule has 0 spiro atoms. The summed E-state index contributed by atoms with van der Waals surface area (Å²) < 4.78 is 11.3. The molecule has 1 amide bonds. The highest BCUT2D eigenvalue weighted by Crippen LogP contribution is 2.31. The first-order valence-corrected chi connectivity index (χ1v) is 8.18. The molecule has 24 heavy (non-hydrogen) atoms. The maximum absolute atomic E-state index is 11.9. The van der Waals surface area contributed by atoms with Crippen LogP contribution in [-0.2, 0) is 11.2 Å². The summed E-state index contributed by atoms with van der Waals surface area (Å²) in [6, 6.07) is 10.6. The molecule has 0 aliphatic rings. The zero-order valence-electron chi connectivity index (χ0n) is 13.2. The van der Waals surface area contributed by atoms with Gasteiger partial charge in [0.2, 0.25) is 5.91 Å². The number of methoxy groups -OCH3 is 2. The fourth-order valence-electron chi connectivity index (χ4n) is 1.99. The Labute approximate surface area is 153 Å². The maximum atomic E-state index is 11.9. The first-order chi connectivity index (χ1) is 11.5. The van der Waals surface area contributed by atoms with Gasteiger partial charge in [0.1, 0.15) is 11.5 Å². The molecule has 1 N–H and O–H groups in total. The highest BCUT2D eigenvalue weighted by atomic mass is 79.9. The average Bonchev–Trinajstić information content (AvgIpc) is 2.57. The molecule has 0 radical (unpaired) electrons. The molecule has 0 bridgehead atoms. The second kappa shape index (κ2) is 8.70. The van der Waals surface area contributed by atoms with Crippen LogP contribution in [0, 0.1) is 0 Å². The minimum atomic E-state index is -0.222. The van der Waals surface area contributed by atoms with Crippen LogP contribution in [-0.4, -0.2) is 26.3 Å². The molecule has 7 heteroatoms. The van der Waals surface area contributed by atoms with Gasteiger partial charge in [0.15, 0.2) is 0 Å². The second-order valence-corrected chi connectivity index (χ2v) is 6.12. The van der Waals surface area contributed by atoms with Crippen molar-refractivity contribution in [3.8, 4) is 11.5 Å². The van der Waals surface area contributed by atoms with E-state index in [2.05, 4.69) is 26.5 Å². The lowest BCUT2D eigenvalue weighted by Crippen LogP contribution is -2.19. The van der Waals surface area contributed by atoms with Gasteiger partial charge >= 0.3 is 0 Å². The lowest BCUT2D eigenvalue weighted by atomic mass is 10.1. The van der Waals surface area contributed by atoms with Gasteiger partial charge in [-0.15, -0.1) is 0 Å². The van der Waals surface area contributed by atoms with E-state index in [9.17, 15) is 4.79 Å². The quantitative estimate of drug-likeness (QED) is 0.581. The molecule has 0 aliphatic carbocycles. The monoisotopic (exact) mass is 410 g/mol. The van der Waals surface area contributed by atoms with E-state index in [0.717, 1.165) is 10.0 Å². The summed E-state index contributed by atoms with van der Waals surface area (Å²) in [5, 5.41) is 4.60. The molecular formula is C17H16BrClN2O3. The minimum absolute atomic E-state index is 0.220. The fourth-order valence-corrected chi connectivity index (χ4v) is 2.63. The van der Waals surface area contributed by atoms with E-state index in [4.69, 9.17) is 21.1 Å². The van der Waals surface area contributed by atoms with E-state index in [1.807, 2.05) is 0 Å². The van der Waals surface area contributed by atoms with Crippen molar-refractivity contribution in [1.29, 1.82) is 0 Å². The number of hydrazone groups is 1. The van der Waals surface area contributed by atoms with E-state index in [-0.39, 0.29) is 12.3 Å². The topological polar surface area (TPSA) is 59.9 Å². The zero-order chi connectivity index (χ0) is 17.5. The Morgan fingerprint density at radius 1 is 1.21 bits per heavy atom. The number of amides is 1. The summed E-state index contributed by atoms with van der Waals surface area (Å²) >= 11 is 9.22. The van der Waals surface area contributed by atoms with Crippen LogP contribution >= 0.6 is 27.5 Å². The number of halogens is 2. The SMILES string of the molecule is COc1cc(OC)c(/C=N\NC(=O)Cc2ccc(Cl)cc2)cc1Br. The van der Waals surface area contributed by atoms with E-state index in [0.29, 0.717) is 22.1 Å². The van der Waals surface area contributed by atoms with Gasteiger partial charge < -0.3 is 9.47 Å². The highest BCUT2D eigenvalue weighted by molar-refractivity contribution is 9.10. The molecule has 2 aromatic rings. The molecule has 0 unspecified atom stereocenters. The van der Waals surface area contributed by atoms with Crippen LogP contribution in [0.5, 0.6) is 11.5 Å². The molecule has 0 saturated carbocycles. The molecule has 0 aromatic heterocycles. The number of hydrogen-bond acceptors (Lipinski definition) is 4. The van der Waals surface area contributed by atoms with Gasteiger partial charge in [0, 0.05) is 16.7 Å². The van der Waals surface area contributed by atoms with Crippen LogP contribution in [0.15, 0.2) is 46.0 Å². The van der Waals surface area contributed by atoms with Gasteiger partial charge in [0.25, 0.3) is 0 Å². The summed E-state index contributed by atoms with van der Waals surface area (Å²) in [6.07, 6.45) is 1.74. The van der Waals surface area contributed by atoms with Crippen molar-refractivity contribution in [3.63, 3.8) is 0 Å². The zero-order valence-corrected chi connectivity index (χ0v) is 15.5. The Kier molecular flexibility index (Phi) is 6.63. The Morgan fingerprint density at radius 3 is 2.50 bits per heavy atom. The van der Waals surface area contributed by atoms with E-state index in [1.54, 1.807) is 50.6 Å². The van der Waals surface area contributed by atoms with E-state index >= 15 is 0 Å². The van der Waals surface area contributed by atoms with Gasteiger partial charge in [-0.3, -0.25) is 4.79 Å². The lowest BCUT2D eigenvalue weighted by molar-refractivity contribution is -0.120. The normalized spacial score (nSPS) is 10.7. The predicted octanol–water partition coefficient (Wildman–Crippen LogP) is 3.81. The van der Waals surface area contributed by atoms with E-state index in [1.165, 1.54) is 6.21 Å². The molecule has 0 heterocycles. The van der Waals surface area contributed by atoms with Crippen LogP contribution < -0.4 is 14.9 Å². The molecule has 0 aliphatic heterocycles. The number of carbonyl (C=O) groups excluding carboxylic acids is 1. The summed E-state index contributed by atoms with van der Waals surface area (Å²) in [5.74, 6) is 1.02. The maximum Gasteiger partial charge on any atom is 0.244 e. The van der Waals surface area contributed by atoms with Crippen molar-refractivity contribution in [2.45, 2.75) is 6.42 Å². The molecule has 2 aromatic carbocycles. The van der Waals surface area contributed by atoms with Gasteiger partial charge in [-0.25, -0.2) is 5.43 Å². The van der Waals surface area contributed by atoms with Crippen molar-refractivity contribution < 1.29 is 14.3 Å². The first-order valence-electron chi connectivity index (χ1n) is 7.01. The van der Waals surface area contributed by atoms with Gasteiger partial charge in [-0.1, -0.05) is 23.7 Å². The molecule has 0 atom stereocenters. The van der Waals surface area contributed by atoms with Crippen molar-refractivity contribution in [2.24, 2.45) is 5.10 Å². The number of hydrogen-bond donors (Lipinski definition) is 1. The van der Waals surface area contributed by atoms with Gasteiger partial charge in [-0.05, 0) is 39.7 Å². The molecule has 0 saturated heterocycles. The summed E-state index contributed by atoms with van der Waals surface area (Å²) in [7, 11) is 3.13. The Morgan fingerprint density at radius 2 is 1.88 bits per heavy atom. The number of benzene rings is 2. The third-order valence-corrected chi connectivity index (χ3v) is 4.05. The van der Waals surface area contributed by atoms with Gasteiger partial charge in [-0.2, -0.15) is 5.10 Å². The third kappa shape index (κ3) is 4.97. The first kappa shape index (κ1) is 18.3. The van der Waals surface area contributed by atoms with Crippen molar-refractivity contribution in [1.82, 2.24) is 5.43 Å². The Hall–Kier alpha value is -2.05. The number of ether oxygens (including phenoxy) is 2. The number of carbonyl (C=O) groups is 1. The Balaban J connectivity index is 2.01. The van der Waals surface area contributed by atoms with Crippen molar-refractivity contribution in [2.75, 3.05) is 14.2 Å². The standard InChI is InChI=1S/C17H16BrClN2O3/c1-23-15-9-16(24-2)14(18)8-12(15)10-20-21-17(22)7-11-3-5-13(19)6-4-11/h3-6,8-10H,7H2,1-2H3,(H,21,22)/b20-10-. The lowest BCUT2D eigenvalue weighted by Gasteiger charge is -2.09. The van der Waals surface area contributed by atoms with Crippen molar-refractivity contribution in [3.05, 3.63) is 57.0 Å². The smallest absolute Gasteiger partial charge is 0.244 e.